The van der Waals surface area contributed by atoms with E-state index in [1.165, 1.54) is 6.26 Å². The Kier molecular flexibility index (Phi) is 4.95. The predicted molar refractivity (Wildman–Crippen MR) is 95.5 cm³/mol. The number of Topliss-reactive ketones (excluding diaryl/α,β-unsaturated/α-hetero) is 1. The molecule has 25 heavy (non-hydrogen) atoms. The minimum atomic E-state index is -0.915. The maximum Gasteiger partial charge on any atom is 0.288 e. The number of benzene rings is 2. The van der Waals surface area contributed by atoms with E-state index in [-0.39, 0.29) is 11.5 Å². The van der Waals surface area contributed by atoms with Gasteiger partial charge in [-0.1, -0.05) is 42.5 Å². The molecule has 0 unspecified atom stereocenters. The smallest absolute Gasteiger partial charge is 0.288 e. The Morgan fingerprint density at radius 3 is 2.44 bits per heavy atom. The van der Waals surface area contributed by atoms with Crippen molar-refractivity contribution in [1.29, 1.82) is 0 Å². The molecule has 0 aliphatic carbocycles. The number of ketones is 1. The van der Waals surface area contributed by atoms with Crippen molar-refractivity contribution in [3.05, 3.63) is 89.9 Å². The Morgan fingerprint density at radius 1 is 0.960 bits per heavy atom. The highest BCUT2D eigenvalue weighted by Crippen LogP contribution is 2.13. The Bertz CT molecular complexity index is 858. The van der Waals surface area contributed by atoms with E-state index >= 15 is 0 Å². The summed E-state index contributed by atoms with van der Waals surface area (Å²) in [6, 6.07) is 19.6. The van der Waals surface area contributed by atoms with Gasteiger partial charge < -0.3 is 15.1 Å². The lowest BCUT2D eigenvalue weighted by molar-refractivity contribution is 0.0853. The third kappa shape index (κ3) is 4.14. The lowest BCUT2D eigenvalue weighted by Gasteiger charge is -2.20. The van der Waals surface area contributed by atoms with Gasteiger partial charge in [0.05, 0.1) is 6.26 Å². The minimum absolute atomic E-state index is 0.150. The monoisotopic (exact) mass is 334 g/mol. The van der Waals surface area contributed by atoms with E-state index in [1.54, 1.807) is 36.4 Å². The van der Waals surface area contributed by atoms with E-state index in [2.05, 4.69) is 10.6 Å². The van der Waals surface area contributed by atoms with Crippen LogP contribution in [0.15, 0.2) is 77.4 Å². The van der Waals surface area contributed by atoms with Crippen LogP contribution in [0.3, 0.4) is 0 Å². The Morgan fingerprint density at radius 2 is 1.76 bits per heavy atom. The van der Waals surface area contributed by atoms with E-state index in [9.17, 15) is 9.59 Å². The maximum absolute atomic E-state index is 12.8. The fourth-order valence-electron chi connectivity index (χ4n) is 2.45. The predicted octanol–water partition coefficient (Wildman–Crippen LogP) is 3.64. The second kappa shape index (κ2) is 7.49. The zero-order valence-corrected chi connectivity index (χ0v) is 13.7. The molecule has 0 bridgehead atoms. The van der Waals surface area contributed by atoms with E-state index in [4.69, 9.17) is 4.42 Å². The molecule has 2 N–H and O–H groups in total. The van der Waals surface area contributed by atoms with Gasteiger partial charge >= 0.3 is 0 Å². The number of amides is 1. The van der Waals surface area contributed by atoms with Crippen molar-refractivity contribution in [1.82, 2.24) is 5.32 Å². The molecule has 0 aliphatic rings. The standard InChI is InChI=1S/C20H18N2O3/c1-14-7-5-10-16(13-14)21-19(18(23)15-8-3-2-4-9-15)22-20(24)17-11-6-12-25-17/h2-13,19,21H,1H3,(H,22,24)/t19-/m0/s1. The molecule has 0 radical (unpaired) electrons. The molecule has 126 valence electrons. The number of carbonyl (C=O) groups excluding carboxylic acids is 2. The minimum Gasteiger partial charge on any atom is -0.459 e. The first-order valence-electron chi connectivity index (χ1n) is 7.90. The zero-order chi connectivity index (χ0) is 17.6. The molecule has 2 aromatic carbocycles. The fourth-order valence-corrected chi connectivity index (χ4v) is 2.45. The quantitative estimate of drug-likeness (QED) is 0.533. The van der Waals surface area contributed by atoms with Crippen LogP contribution in [0.4, 0.5) is 5.69 Å². The first kappa shape index (κ1) is 16.5. The molecule has 1 heterocycles. The molecule has 5 heteroatoms. The Labute approximate surface area is 145 Å². The molecule has 0 aliphatic heterocycles. The molecular weight excluding hydrogens is 316 g/mol. The first-order chi connectivity index (χ1) is 12.1. The van der Waals surface area contributed by atoms with Gasteiger partial charge in [0.25, 0.3) is 5.91 Å². The van der Waals surface area contributed by atoms with Crippen LogP contribution in [-0.4, -0.2) is 17.9 Å². The molecule has 3 aromatic rings. The van der Waals surface area contributed by atoms with E-state index in [0.717, 1.165) is 11.3 Å². The molecule has 0 saturated carbocycles. The summed E-state index contributed by atoms with van der Waals surface area (Å²) >= 11 is 0. The van der Waals surface area contributed by atoms with Crippen LogP contribution in [0.25, 0.3) is 0 Å². The third-order valence-electron chi connectivity index (χ3n) is 3.67. The van der Waals surface area contributed by atoms with Gasteiger partial charge in [0.15, 0.2) is 11.9 Å². The average Bonchev–Trinajstić information content (AvgIpc) is 3.16. The highest BCUT2D eigenvalue weighted by Gasteiger charge is 2.23. The molecule has 3 rings (SSSR count). The summed E-state index contributed by atoms with van der Waals surface area (Å²) in [4.78, 5) is 25.1. The topological polar surface area (TPSA) is 71.3 Å². The second-order valence-corrected chi connectivity index (χ2v) is 5.63. The lowest BCUT2D eigenvalue weighted by atomic mass is 10.1. The highest BCUT2D eigenvalue weighted by molar-refractivity contribution is 6.04. The van der Waals surface area contributed by atoms with Crippen molar-refractivity contribution in [3.63, 3.8) is 0 Å². The van der Waals surface area contributed by atoms with Gasteiger partial charge in [-0.05, 0) is 36.8 Å². The molecule has 0 spiro atoms. The average molecular weight is 334 g/mol. The van der Waals surface area contributed by atoms with Crippen LogP contribution in [0.2, 0.25) is 0 Å². The van der Waals surface area contributed by atoms with Gasteiger partial charge in [0, 0.05) is 11.3 Å². The van der Waals surface area contributed by atoms with Crippen LogP contribution >= 0.6 is 0 Å². The Hall–Kier alpha value is -3.34. The largest absolute Gasteiger partial charge is 0.459 e. The number of anilines is 1. The molecule has 1 atom stereocenters. The normalized spacial score (nSPS) is 11.6. The second-order valence-electron chi connectivity index (χ2n) is 5.63. The van der Waals surface area contributed by atoms with Gasteiger partial charge in [-0.3, -0.25) is 9.59 Å². The number of nitrogens with one attached hydrogen (secondary N) is 2. The summed E-state index contributed by atoms with van der Waals surface area (Å²) in [6.07, 6.45) is 0.499. The van der Waals surface area contributed by atoms with Crippen molar-refractivity contribution in [2.45, 2.75) is 13.1 Å². The number of aryl methyl sites for hydroxylation is 1. The van der Waals surface area contributed by atoms with E-state index in [0.29, 0.717) is 5.56 Å². The van der Waals surface area contributed by atoms with Gasteiger partial charge in [-0.2, -0.15) is 0 Å². The van der Waals surface area contributed by atoms with Crippen molar-refractivity contribution >= 4 is 17.4 Å². The van der Waals surface area contributed by atoms with E-state index in [1.807, 2.05) is 37.3 Å². The summed E-state index contributed by atoms with van der Waals surface area (Å²) in [5.41, 5.74) is 2.30. The maximum atomic E-state index is 12.8. The molecule has 5 nitrogen and oxygen atoms in total. The van der Waals surface area contributed by atoms with Crippen LogP contribution < -0.4 is 10.6 Å². The molecule has 1 amide bonds. The SMILES string of the molecule is Cc1cccc(N[C@@H](NC(=O)c2ccco2)C(=O)c2ccccc2)c1. The Balaban J connectivity index is 1.85. The zero-order valence-electron chi connectivity index (χ0n) is 13.7. The van der Waals surface area contributed by atoms with Crippen LogP contribution in [0, 0.1) is 6.92 Å². The van der Waals surface area contributed by atoms with E-state index < -0.39 is 12.1 Å². The summed E-state index contributed by atoms with van der Waals surface area (Å²) in [7, 11) is 0. The number of hydrogen-bond acceptors (Lipinski definition) is 4. The van der Waals surface area contributed by atoms with Gasteiger partial charge in [-0.15, -0.1) is 0 Å². The first-order valence-corrected chi connectivity index (χ1v) is 7.90. The van der Waals surface area contributed by atoms with Gasteiger partial charge in [0.1, 0.15) is 0 Å². The van der Waals surface area contributed by atoms with Crippen LogP contribution in [0.5, 0.6) is 0 Å². The summed E-state index contributed by atoms with van der Waals surface area (Å²) < 4.78 is 5.10. The summed E-state index contributed by atoms with van der Waals surface area (Å²) in [6.45, 7) is 1.96. The molecule has 0 fully saturated rings. The molecule has 0 saturated heterocycles. The highest BCUT2D eigenvalue weighted by atomic mass is 16.3. The number of rotatable bonds is 6. The summed E-state index contributed by atoms with van der Waals surface area (Å²) in [5.74, 6) is -0.543. The fraction of sp³-hybridized carbons (Fsp3) is 0.100. The van der Waals surface area contributed by atoms with Crippen molar-refractivity contribution in [2.75, 3.05) is 5.32 Å². The van der Waals surface area contributed by atoms with Crippen molar-refractivity contribution < 1.29 is 14.0 Å². The van der Waals surface area contributed by atoms with Crippen LogP contribution in [-0.2, 0) is 0 Å². The van der Waals surface area contributed by atoms with Crippen molar-refractivity contribution in [2.24, 2.45) is 0 Å². The van der Waals surface area contributed by atoms with Gasteiger partial charge in [-0.25, -0.2) is 0 Å². The lowest BCUT2D eigenvalue weighted by Crippen LogP contribution is -2.46. The number of furan rings is 1. The molecule has 1 aromatic heterocycles. The summed E-state index contributed by atoms with van der Waals surface area (Å²) in [5, 5.41) is 5.78. The molecular formula is C20H18N2O3. The third-order valence-corrected chi connectivity index (χ3v) is 3.67. The number of carbonyl (C=O) groups is 2. The van der Waals surface area contributed by atoms with Crippen molar-refractivity contribution in [3.8, 4) is 0 Å². The number of hydrogen-bond donors (Lipinski definition) is 2. The van der Waals surface area contributed by atoms with Gasteiger partial charge in [0.2, 0.25) is 5.78 Å². The van der Waals surface area contributed by atoms with Crippen LogP contribution in [0.1, 0.15) is 26.5 Å².